The lowest BCUT2D eigenvalue weighted by Gasteiger charge is -2.21. The van der Waals surface area contributed by atoms with Gasteiger partial charge in [-0.25, -0.2) is 8.42 Å². The molecule has 0 unspecified atom stereocenters. The van der Waals surface area contributed by atoms with Crippen molar-refractivity contribution in [2.45, 2.75) is 25.7 Å². The summed E-state index contributed by atoms with van der Waals surface area (Å²) < 4.78 is 44.1. The molecule has 0 spiro atoms. The van der Waals surface area contributed by atoms with Crippen molar-refractivity contribution in [1.29, 1.82) is 0 Å². The van der Waals surface area contributed by atoms with Gasteiger partial charge in [-0.2, -0.15) is 0 Å². The molecule has 0 bridgehead atoms. The Morgan fingerprint density at radius 1 is 1.10 bits per heavy atom. The van der Waals surface area contributed by atoms with Gasteiger partial charge >= 0.3 is 0 Å². The lowest BCUT2D eigenvalue weighted by Crippen LogP contribution is -2.27. The molecule has 3 aromatic rings. The van der Waals surface area contributed by atoms with Crippen molar-refractivity contribution in [2.75, 3.05) is 25.1 Å². The van der Waals surface area contributed by atoms with Crippen LogP contribution >= 0.6 is 0 Å². The molecule has 1 aromatic heterocycles. The second kappa shape index (κ2) is 8.16. The minimum Gasteiger partial charge on any atom is -0.495 e. The molecule has 0 aliphatic heterocycles. The second-order valence-electron chi connectivity index (χ2n) is 6.49. The number of aryl methyl sites for hydroxylation is 1. The average Bonchev–Trinajstić information content (AvgIpc) is 3.06. The summed E-state index contributed by atoms with van der Waals surface area (Å²) in [6.07, 6.45) is 0. The molecule has 0 saturated heterocycles. The standard InChI is InChI=1S/C21H24N2O5S/c1-6-27-18-10-8-17(9-11-18)23(4)29(24,25)20-13-16(7-12-19(20)26-5)21-14(2)15(3)22-28-21/h7-13H,6H2,1-5H3. The van der Waals surface area contributed by atoms with E-state index < -0.39 is 10.0 Å². The van der Waals surface area contributed by atoms with E-state index in [-0.39, 0.29) is 10.6 Å². The molecule has 0 radical (unpaired) electrons. The SMILES string of the molecule is CCOc1ccc(N(C)S(=O)(=O)c2cc(-c3onc(C)c3C)ccc2OC)cc1. The third kappa shape index (κ3) is 3.93. The zero-order valence-electron chi connectivity index (χ0n) is 17.1. The van der Waals surface area contributed by atoms with Gasteiger partial charge in [0.25, 0.3) is 10.0 Å². The van der Waals surface area contributed by atoms with Crippen LogP contribution in [-0.4, -0.2) is 34.3 Å². The van der Waals surface area contributed by atoms with Crippen molar-refractivity contribution >= 4 is 15.7 Å². The maximum absolute atomic E-state index is 13.4. The number of benzene rings is 2. The molecule has 29 heavy (non-hydrogen) atoms. The van der Waals surface area contributed by atoms with Crippen molar-refractivity contribution in [1.82, 2.24) is 5.16 Å². The fourth-order valence-electron chi connectivity index (χ4n) is 2.91. The topological polar surface area (TPSA) is 81.9 Å². The fraction of sp³-hybridized carbons (Fsp3) is 0.286. The molecule has 1 heterocycles. The summed E-state index contributed by atoms with van der Waals surface area (Å²) in [4.78, 5) is 0.0438. The van der Waals surface area contributed by atoms with E-state index >= 15 is 0 Å². The molecular formula is C21H24N2O5S. The number of ether oxygens (including phenoxy) is 2. The molecule has 0 aliphatic carbocycles. The van der Waals surface area contributed by atoms with Crippen LogP contribution in [0.1, 0.15) is 18.2 Å². The maximum Gasteiger partial charge on any atom is 0.267 e. The van der Waals surface area contributed by atoms with Crippen LogP contribution in [0.25, 0.3) is 11.3 Å². The highest BCUT2D eigenvalue weighted by Gasteiger charge is 2.27. The third-order valence-electron chi connectivity index (χ3n) is 4.73. The summed E-state index contributed by atoms with van der Waals surface area (Å²) in [5, 5.41) is 3.96. The number of methoxy groups -OCH3 is 1. The van der Waals surface area contributed by atoms with E-state index in [1.165, 1.54) is 18.5 Å². The molecule has 8 heteroatoms. The monoisotopic (exact) mass is 416 g/mol. The summed E-state index contributed by atoms with van der Waals surface area (Å²) in [5.41, 5.74) is 2.74. The largest absolute Gasteiger partial charge is 0.495 e. The molecule has 0 saturated carbocycles. The molecular weight excluding hydrogens is 392 g/mol. The van der Waals surface area contributed by atoms with Crippen LogP contribution in [0.3, 0.4) is 0 Å². The van der Waals surface area contributed by atoms with Gasteiger partial charge in [0, 0.05) is 18.2 Å². The van der Waals surface area contributed by atoms with Crippen LogP contribution in [0.2, 0.25) is 0 Å². The average molecular weight is 416 g/mol. The Labute approximate surface area is 170 Å². The van der Waals surface area contributed by atoms with E-state index in [1.807, 2.05) is 20.8 Å². The van der Waals surface area contributed by atoms with E-state index in [0.717, 1.165) is 11.3 Å². The van der Waals surface area contributed by atoms with E-state index in [1.54, 1.807) is 42.5 Å². The molecule has 0 N–H and O–H groups in total. The van der Waals surface area contributed by atoms with Crippen LogP contribution in [-0.2, 0) is 10.0 Å². The smallest absolute Gasteiger partial charge is 0.267 e. The van der Waals surface area contributed by atoms with Gasteiger partial charge in [-0.05, 0) is 63.2 Å². The number of sulfonamides is 1. The highest BCUT2D eigenvalue weighted by molar-refractivity contribution is 7.93. The Hall–Kier alpha value is -3.00. The van der Waals surface area contributed by atoms with Gasteiger partial charge in [-0.15, -0.1) is 0 Å². The molecule has 0 aliphatic rings. The van der Waals surface area contributed by atoms with Gasteiger partial charge in [0.05, 0.1) is 25.1 Å². The molecule has 3 rings (SSSR count). The van der Waals surface area contributed by atoms with Gasteiger partial charge in [-0.3, -0.25) is 4.31 Å². The first-order valence-corrected chi connectivity index (χ1v) is 10.6. The van der Waals surface area contributed by atoms with E-state index in [0.29, 0.717) is 29.4 Å². The van der Waals surface area contributed by atoms with Gasteiger partial charge in [0.2, 0.25) is 0 Å². The summed E-state index contributed by atoms with van der Waals surface area (Å²) in [6, 6.07) is 11.8. The number of rotatable bonds is 7. The van der Waals surface area contributed by atoms with E-state index in [9.17, 15) is 8.42 Å². The van der Waals surface area contributed by atoms with Crippen molar-refractivity contribution in [3.05, 3.63) is 53.7 Å². The molecule has 7 nitrogen and oxygen atoms in total. The second-order valence-corrected chi connectivity index (χ2v) is 8.42. The Kier molecular flexibility index (Phi) is 5.83. The maximum atomic E-state index is 13.4. The van der Waals surface area contributed by atoms with E-state index in [2.05, 4.69) is 5.16 Å². The predicted octanol–water partition coefficient (Wildman–Crippen LogP) is 4.19. The minimum absolute atomic E-state index is 0.0438. The van der Waals surface area contributed by atoms with Gasteiger partial charge in [0.15, 0.2) is 5.76 Å². The first kappa shape index (κ1) is 20.7. The number of hydrogen-bond donors (Lipinski definition) is 0. The zero-order chi connectivity index (χ0) is 21.2. The molecule has 2 aromatic carbocycles. The summed E-state index contributed by atoms with van der Waals surface area (Å²) in [6.45, 7) is 6.15. The molecule has 0 fully saturated rings. The van der Waals surface area contributed by atoms with Gasteiger partial charge in [-0.1, -0.05) is 5.16 Å². The first-order valence-electron chi connectivity index (χ1n) is 9.12. The van der Waals surface area contributed by atoms with Crippen LogP contribution in [0, 0.1) is 13.8 Å². The summed E-state index contributed by atoms with van der Waals surface area (Å²) >= 11 is 0. The van der Waals surface area contributed by atoms with Gasteiger partial charge in [0.1, 0.15) is 16.4 Å². The Balaban J connectivity index is 2.04. The first-order chi connectivity index (χ1) is 13.8. The Morgan fingerprint density at radius 3 is 2.34 bits per heavy atom. The summed E-state index contributed by atoms with van der Waals surface area (Å²) in [7, 11) is -0.951. The summed E-state index contributed by atoms with van der Waals surface area (Å²) in [5.74, 6) is 1.46. The number of anilines is 1. The highest BCUT2D eigenvalue weighted by Crippen LogP contribution is 2.35. The normalized spacial score (nSPS) is 11.3. The van der Waals surface area contributed by atoms with Crippen LogP contribution < -0.4 is 13.8 Å². The Morgan fingerprint density at radius 2 is 1.79 bits per heavy atom. The minimum atomic E-state index is -3.89. The number of aromatic nitrogens is 1. The zero-order valence-corrected chi connectivity index (χ0v) is 17.9. The van der Waals surface area contributed by atoms with Crippen molar-refractivity contribution in [3.8, 4) is 22.8 Å². The van der Waals surface area contributed by atoms with E-state index in [4.69, 9.17) is 14.0 Å². The molecule has 0 atom stereocenters. The van der Waals surface area contributed by atoms with Crippen molar-refractivity contribution in [2.24, 2.45) is 0 Å². The van der Waals surface area contributed by atoms with Gasteiger partial charge < -0.3 is 14.0 Å². The Bertz CT molecular complexity index is 1100. The lowest BCUT2D eigenvalue weighted by molar-refractivity contribution is 0.340. The molecule has 0 amide bonds. The van der Waals surface area contributed by atoms with Crippen LogP contribution in [0.15, 0.2) is 51.9 Å². The molecule has 154 valence electrons. The third-order valence-corrected chi connectivity index (χ3v) is 6.54. The number of nitrogens with zero attached hydrogens (tertiary/aromatic N) is 2. The van der Waals surface area contributed by atoms with Crippen LogP contribution in [0.5, 0.6) is 11.5 Å². The quantitative estimate of drug-likeness (QED) is 0.574. The lowest BCUT2D eigenvalue weighted by atomic mass is 10.1. The highest BCUT2D eigenvalue weighted by atomic mass is 32.2. The number of hydrogen-bond acceptors (Lipinski definition) is 6. The van der Waals surface area contributed by atoms with Crippen LogP contribution in [0.4, 0.5) is 5.69 Å². The fourth-order valence-corrected chi connectivity index (χ4v) is 4.29. The van der Waals surface area contributed by atoms with Crippen molar-refractivity contribution in [3.63, 3.8) is 0 Å². The predicted molar refractivity (Wildman–Crippen MR) is 111 cm³/mol. The van der Waals surface area contributed by atoms with Crippen molar-refractivity contribution < 1.29 is 22.4 Å².